The van der Waals surface area contributed by atoms with Crippen LogP contribution in [0.15, 0.2) is 42.2 Å². The van der Waals surface area contributed by atoms with E-state index < -0.39 is 0 Å². The van der Waals surface area contributed by atoms with Crippen LogP contribution < -0.4 is 4.74 Å². The van der Waals surface area contributed by atoms with E-state index in [1.807, 2.05) is 18.4 Å². The van der Waals surface area contributed by atoms with Crippen molar-refractivity contribution in [1.82, 2.24) is 0 Å². The van der Waals surface area contributed by atoms with Gasteiger partial charge in [-0.25, -0.2) is 0 Å². The molecule has 15 heavy (non-hydrogen) atoms. The van der Waals surface area contributed by atoms with E-state index in [0.29, 0.717) is 11.7 Å². The predicted molar refractivity (Wildman–Crippen MR) is 57.9 cm³/mol. The molecule has 1 aliphatic carbocycles. The highest BCUT2D eigenvalue weighted by atomic mass is 16.5. The quantitative estimate of drug-likeness (QED) is 0.652. The molecule has 2 heteroatoms. The molecular weight excluding hydrogens is 188 g/mol. The van der Waals surface area contributed by atoms with E-state index in [-0.39, 0.29) is 0 Å². The first kappa shape index (κ1) is 8.60. The molecule has 0 amide bonds. The third-order valence-corrected chi connectivity index (χ3v) is 3.07. The van der Waals surface area contributed by atoms with Crippen LogP contribution in [-0.4, -0.2) is 5.11 Å². The molecule has 0 bridgehead atoms. The molecule has 0 saturated heterocycles. The second-order valence-electron chi connectivity index (χ2n) is 3.96. The average molecular weight is 200 g/mol. The van der Waals surface area contributed by atoms with Crippen LogP contribution in [0.1, 0.15) is 24.3 Å². The molecule has 3 rings (SSSR count). The maximum Gasteiger partial charge on any atom is 0.134 e. The second-order valence-corrected chi connectivity index (χ2v) is 3.96. The molecule has 1 N–H and O–H groups in total. The van der Waals surface area contributed by atoms with Gasteiger partial charge in [-0.3, -0.25) is 0 Å². The van der Waals surface area contributed by atoms with Crippen LogP contribution >= 0.6 is 0 Å². The molecule has 1 aromatic rings. The van der Waals surface area contributed by atoms with E-state index in [0.717, 1.165) is 24.2 Å². The van der Waals surface area contributed by atoms with E-state index in [1.165, 1.54) is 5.57 Å². The van der Waals surface area contributed by atoms with Crippen molar-refractivity contribution in [2.24, 2.45) is 0 Å². The Labute approximate surface area is 88.5 Å². The van der Waals surface area contributed by atoms with Crippen molar-refractivity contribution in [2.45, 2.75) is 18.8 Å². The fourth-order valence-electron chi connectivity index (χ4n) is 2.30. The topological polar surface area (TPSA) is 29.5 Å². The lowest BCUT2D eigenvalue weighted by atomic mass is 9.82. The van der Waals surface area contributed by atoms with Crippen molar-refractivity contribution in [2.75, 3.05) is 0 Å². The minimum Gasteiger partial charge on any atom is -0.508 e. The summed E-state index contributed by atoms with van der Waals surface area (Å²) in [5, 5.41) is 9.86. The van der Waals surface area contributed by atoms with E-state index >= 15 is 0 Å². The highest BCUT2D eigenvalue weighted by Crippen LogP contribution is 2.45. The lowest BCUT2D eigenvalue weighted by Gasteiger charge is -2.28. The van der Waals surface area contributed by atoms with Gasteiger partial charge in [-0.15, -0.1) is 0 Å². The Morgan fingerprint density at radius 2 is 2.20 bits per heavy atom. The van der Waals surface area contributed by atoms with Gasteiger partial charge in [0.15, 0.2) is 0 Å². The minimum atomic E-state index is 0.306. The first-order valence-corrected chi connectivity index (χ1v) is 5.19. The number of allylic oxidation sites excluding steroid dienone is 3. The maximum atomic E-state index is 9.86. The van der Waals surface area contributed by atoms with Gasteiger partial charge in [-0.2, -0.15) is 0 Å². The molecule has 2 aliphatic rings. The van der Waals surface area contributed by atoms with Crippen LogP contribution in [0.5, 0.6) is 11.5 Å². The Hall–Kier alpha value is -1.70. The van der Waals surface area contributed by atoms with Gasteiger partial charge >= 0.3 is 0 Å². The van der Waals surface area contributed by atoms with Crippen molar-refractivity contribution < 1.29 is 9.84 Å². The van der Waals surface area contributed by atoms with Crippen molar-refractivity contribution in [1.29, 1.82) is 0 Å². The van der Waals surface area contributed by atoms with Crippen LogP contribution in [-0.2, 0) is 0 Å². The second kappa shape index (κ2) is 3.16. The molecule has 76 valence electrons. The van der Waals surface area contributed by atoms with Crippen LogP contribution in [0, 0.1) is 0 Å². The molecule has 1 heterocycles. The van der Waals surface area contributed by atoms with Gasteiger partial charge in [-0.1, -0.05) is 18.2 Å². The summed E-state index contributed by atoms with van der Waals surface area (Å²) >= 11 is 0. The number of hydrogen-bond donors (Lipinski definition) is 1. The number of ether oxygens (including phenoxy) is 1. The van der Waals surface area contributed by atoms with Gasteiger partial charge in [0.05, 0.1) is 6.26 Å². The Morgan fingerprint density at radius 1 is 1.27 bits per heavy atom. The standard InChI is InChI=1S/C13H12O2/c14-11-6-3-7-12-13(11)10-5-2-1-4-9(10)8-15-12/h1-3,6-8,10,14H,4-5H2. The van der Waals surface area contributed by atoms with E-state index in [1.54, 1.807) is 6.07 Å². The van der Waals surface area contributed by atoms with Crippen LogP contribution in [0.25, 0.3) is 0 Å². The number of benzene rings is 1. The summed E-state index contributed by atoms with van der Waals surface area (Å²) in [5.74, 6) is 1.44. The van der Waals surface area contributed by atoms with Gasteiger partial charge in [0.2, 0.25) is 0 Å². The predicted octanol–water partition coefficient (Wildman–Crippen LogP) is 3.10. The summed E-state index contributed by atoms with van der Waals surface area (Å²) in [4.78, 5) is 0. The summed E-state index contributed by atoms with van der Waals surface area (Å²) in [6.07, 6.45) is 8.04. The summed E-state index contributed by atoms with van der Waals surface area (Å²) in [5.41, 5.74) is 2.20. The van der Waals surface area contributed by atoms with Crippen LogP contribution in [0.2, 0.25) is 0 Å². The number of phenols is 1. The molecule has 1 atom stereocenters. The molecule has 0 saturated carbocycles. The Kier molecular flexibility index (Phi) is 1.81. The fourth-order valence-corrected chi connectivity index (χ4v) is 2.30. The Bertz CT molecular complexity index is 458. The summed E-state index contributed by atoms with van der Waals surface area (Å²) in [7, 11) is 0. The van der Waals surface area contributed by atoms with Crippen LogP contribution in [0.3, 0.4) is 0 Å². The maximum absolute atomic E-state index is 9.86. The third kappa shape index (κ3) is 1.25. The molecule has 2 nitrogen and oxygen atoms in total. The van der Waals surface area contributed by atoms with Gasteiger partial charge in [0.25, 0.3) is 0 Å². The van der Waals surface area contributed by atoms with Gasteiger partial charge in [-0.05, 0) is 30.5 Å². The van der Waals surface area contributed by atoms with E-state index in [4.69, 9.17) is 4.74 Å². The largest absolute Gasteiger partial charge is 0.508 e. The molecule has 0 aromatic heterocycles. The first-order valence-electron chi connectivity index (χ1n) is 5.19. The highest BCUT2D eigenvalue weighted by Gasteiger charge is 2.27. The number of fused-ring (bicyclic) bond motifs is 3. The van der Waals surface area contributed by atoms with Crippen LogP contribution in [0.4, 0.5) is 0 Å². The molecular formula is C13H12O2. The first-order chi connectivity index (χ1) is 7.36. The molecule has 1 aliphatic heterocycles. The molecule has 1 unspecified atom stereocenters. The van der Waals surface area contributed by atoms with Crippen molar-refractivity contribution in [3.8, 4) is 11.5 Å². The molecule has 0 spiro atoms. The summed E-state index contributed by atoms with van der Waals surface area (Å²) in [6, 6.07) is 5.44. The molecule has 0 radical (unpaired) electrons. The van der Waals surface area contributed by atoms with Gasteiger partial charge in [0, 0.05) is 11.5 Å². The summed E-state index contributed by atoms with van der Waals surface area (Å²) in [6.45, 7) is 0. The average Bonchev–Trinajstić information content (AvgIpc) is 2.29. The normalized spacial score (nSPS) is 22.4. The number of rotatable bonds is 0. The molecule has 1 aromatic carbocycles. The Morgan fingerprint density at radius 3 is 3.13 bits per heavy atom. The Balaban J connectivity index is 2.15. The summed E-state index contributed by atoms with van der Waals surface area (Å²) < 4.78 is 5.52. The zero-order chi connectivity index (χ0) is 10.3. The molecule has 0 fully saturated rings. The number of aromatic hydroxyl groups is 1. The van der Waals surface area contributed by atoms with E-state index in [2.05, 4.69) is 12.2 Å². The number of hydrogen-bond acceptors (Lipinski definition) is 2. The number of phenolic OH excluding ortho intramolecular Hbond substituents is 1. The zero-order valence-electron chi connectivity index (χ0n) is 8.31. The fraction of sp³-hybridized carbons (Fsp3) is 0.231. The van der Waals surface area contributed by atoms with Crippen molar-refractivity contribution >= 4 is 0 Å². The van der Waals surface area contributed by atoms with E-state index in [9.17, 15) is 5.11 Å². The third-order valence-electron chi connectivity index (χ3n) is 3.07. The van der Waals surface area contributed by atoms with Crippen molar-refractivity contribution in [3.05, 3.63) is 47.7 Å². The monoisotopic (exact) mass is 200 g/mol. The highest BCUT2D eigenvalue weighted by molar-refractivity contribution is 5.52. The lowest BCUT2D eigenvalue weighted by molar-refractivity contribution is 0.412. The smallest absolute Gasteiger partial charge is 0.134 e. The van der Waals surface area contributed by atoms with Gasteiger partial charge in [0.1, 0.15) is 11.5 Å². The van der Waals surface area contributed by atoms with Crippen molar-refractivity contribution in [3.63, 3.8) is 0 Å². The zero-order valence-corrected chi connectivity index (χ0v) is 8.31. The SMILES string of the molecule is Oc1cccc2c1C1CC=CCC1=CO2. The lowest BCUT2D eigenvalue weighted by Crippen LogP contribution is -2.12. The van der Waals surface area contributed by atoms with Gasteiger partial charge < -0.3 is 9.84 Å². The minimum absolute atomic E-state index is 0.306.